The maximum Gasteiger partial charge on any atom is 0.306 e. The monoisotopic (exact) mass is 899 g/mol. The van der Waals surface area contributed by atoms with Crippen molar-refractivity contribution in [3.63, 3.8) is 0 Å². The van der Waals surface area contributed by atoms with Crippen LogP contribution in [0.3, 0.4) is 0 Å². The molecule has 0 aromatic carbocycles. The molecule has 0 amide bonds. The van der Waals surface area contributed by atoms with Gasteiger partial charge in [0.25, 0.3) is 0 Å². The molecule has 0 saturated carbocycles. The standard InChI is InChI=1S/C58H106O6/c1-4-7-10-13-16-19-22-25-27-28-29-30-31-34-36-39-42-45-48-51-57(60)63-54-55(53-62-56(59)50-47-44-41-38-35-32-24-21-18-15-12-9-6-3)64-58(61)52-49-46-43-40-37-33-26-23-20-17-14-11-8-5-2/h8,11,17,20,28-29,55H,4-7,9-10,12-16,18-19,21-27,30-54H2,1-3H3/b11-8-,20-17-,29-28-. The first kappa shape index (κ1) is 61.6. The average molecular weight is 899 g/mol. The summed E-state index contributed by atoms with van der Waals surface area (Å²) in [5.41, 5.74) is 0. The first-order valence-corrected chi connectivity index (χ1v) is 28.0. The minimum Gasteiger partial charge on any atom is -0.462 e. The Labute approximate surface area is 397 Å². The van der Waals surface area contributed by atoms with Gasteiger partial charge in [-0.15, -0.1) is 0 Å². The highest BCUT2D eigenvalue weighted by molar-refractivity contribution is 5.71. The van der Waals surface area contributed by atoms with E-state index in [1.54, 1.807) is 0 Å². The first-order valence-electron chi connectivity index (χ1n) is 28.0. The molecule has 0 bridgehead atoms. The second kappa shape index (κ2) is 53.2. The number of esters is 3. The van der Waals surface area contributed by atoms with Crippen LogP contribution in [0.15, 0.2) is 36.5 Å². The van der Waals surface area contributed by atoms with Crippen molar-refractivity contribution in [1.29, 1.82) is 0 Å². The topological polar surface area (TPSA) is 78.9 Å². The summed E-state index contributed by atoms with van der Waals surface area (Å²) in [6, 6.07) is 0. The molecule has 1 unspecified atom stereocenters. The highest BCUT2D eigenvalue weighted by Gasteiger charge is 2.19. The number of carbonyl (C=O) groups excluding carboxylic acids is 3. The summed E-state index contributed by atoms with van der Waals surface area (Å²) < 4.78 is 16.8. The lowest BCUT2D eigenvalue weighted by atomic mass is 10.0. The molecule has 0 fully saturated rings. The SMILES string of the molecule is CC/C=C\C/C=C\CCCCCCCCCC(=O)OC(COC(=O)CCCCCCCCC/C=C\CCCCCCCCCC)COC(=O)CCCCCCCCCCCCCCC. The molecule has 0 aliphatic rings. The Hall–Kier alpha value is -2.37. The van der Waals surface area contributed by atoms with Crippen molar-refractivity contribution in [2.75, 3.05) is 13.2 Å². The maximum atomic E-state index is 12.8. The second-order valence-corrected chi connectivity index (χ2v) is 18.8. The van der Waals surface area contributed by atoms with E-state index in [0.29, 0.717) is 19.3 Å². The minimum atomic E-state index is -0.774. The van der Waals surface area contributed by atoms with Crippen molar-refractivity contribution in [1.82, 2.24) is 0 Å². The Kier molecular flexibility index (Phi) is 51.3. The quantitative estimate of drug-likeness (QED) is 0.0262. The molecule has 6 heteroatoms. The summed E-state index contributed by atoms with van der Waals surface area (Å²) in [6.45, 7) is 6.56. The van der Waals surface area contributed by atoms with Crippen LogP contribution in [0.5, 0.6) is 0 Å². The molecule has 0 heterocycles. The third-order valence-electron chi connectivity index (χ3n) is 12.4. The number of unbranched alkanes of at least 4 members (excludes halogenated alkanes) is 34. The van der Waals surface area contributed by atoms with Gasteiger partial charge < -0.3 is 14.2 Å². The largest absolute Gasteiger partial charge is 0.462 e. The molecule has 374 valence electrons. The molecular weight excluding hydrogens is 793 g/mol. The van der Waals surface area contributed by atoms with Gasteiger partial charge in [0.1, 0.15) is 13.2 Å². The third kappa shape index (κ3) is 50.6. The fraction of sp³-hybridized carbons (Fsp3) is 0.845. The molecule has 0 aliphatic heterocycles. The van der Waals surface area contributed by atoms with E-state index in [0.717, 1.165) is 77.0 Å². The van der Waals surface area contributed by atoms with Gasteiger partial charge in [0.2, 0.25) is 0 Å². The molecule has 0 spiro atoms. The number of ether oxygens (including phenoxy) is 3. The average Bonchev–Trinajstić information content (AvgIpc) is 3.29. The van der Waals surface area contributed by atoms with Crippen LogP contribution in [0.25, 0.3) is 0 Å². The van der Waals surface area contributed by atoms with Crippen LogP contribution >= 0.6 is 0 Å². The smallest absolute Gasteiger partial charge is 0.306 e. The van der Waals surface area contributed by atoms with Crippen molar-refractivity contribution < 1.29 is 28.6 Å². The summed E-state index contributed by atoms with van der Waals surface area (Å²) >= 11 is 0. The van der Waals surface area contributed by atoms with E-state index in [4.69, 9.17) is 14.2 Å². The van der Waals surface area contributed by atoms with Gasteiger partial charge in [-0.2, -0.15) is 0 Å². The number of hydrogen-bond acceptors (Lipinski definition) is 6. The Morgan fingerprint density at radius 2 is 0.609 bits per heavy atom. The summed E-state index contributed by atoms with van der Waals surface area (Å²) in [5, 5.41) is 0. The molecule has 0 aromatic heterocycles. The summed E-state index contributed by atoms with van der Waals surface area (Å²) in [7, 11) is 0. The Bertz CT molecular complexity index is 1080. The van der Waals surface area contributed by atoms with Gasteiger partial charge in [-0.1, -0.05) is 243 Å². The van der Waals surface area contributed by atoms with Crippen LogP contribution < -0.4 is 0 Å². The molecule has 0 rings (SSSR count). The molecule has 0 radical (unpaired) electrons. The van der Waals surface area contributed by atoms with Crippen LogP contribution in [-0.2, 0) is 28.6 Å². The fourth-order valence-electron chi connectivity index (χ4n) is 8.18. The van der Waals surface area contributed by atoms with E-state index in [1.165, 1.54) is 180 Å². The predicted octanol–water partition coefficient (Wildman–Crippen LogP) is 18.5. The van der Waals surface area contributed by atoms with Gasteiger partial charge in [-0.05, 0) is 70.6 Å². The summed E-state index contributed by atoms with van der Waals surface area (Å²) in [6.07, 6.45) is 62.7. The van der Waals surface area contributed by atoms with Gasteiger partial charge in [0.05, 0.1) is 0 Å². The van der Waals surface area contributed by atoms with E-state index in [-0.39, 0.29) is 31.1 Å². The zero-order valence-electron chi connectivity index (χ0n) is 42.8. The number of carbonyl (C=O) groups is 3. The molecule has 6 nitrogen and oxygen atoms in total. The third-order valence-corrected chi connectivity index (χ3v) is 12.4. The Balaban J connectivity index is 4.32. The normalized spacial score (nSPS) is 12.2. The summed E-state index contributed by atoms with van der Waals surface area (Å²) in [5.74, 6) is -0.872. The number of allylic oxidation sites excluding steroid dienone is 6. The molecule has 0 N–H and O–H groups in total. The van der Waals surface area contributed by atoms with Crippen molar-refractivity contribution in [3.05, 3.63) is 36.5 Å². The lowest BCUT2D eigenvalue weighted by Gasteiger charge is -2.18. The molecular formula is C58H106O6. The number of rotatable bonds is 51. The molecule has 0 aromatic rings. The predicted molar refractivity (Wildman–Crippen MR) is 275 cm³/mol. The van der Waals surface area contributed by atoms with Crippen LogP contribution in [-0.4, -0.2) is 37.2 Å². The zero-order chi connectivity index (χ0) is 46.5. The van der Waals surface area contributed by atoms with E-state index >= 15 is 0 Å². The van der Waals surface area contributed by atoms with E-state index in [9.17, 15) is 14.4 Å². The number of hydrogen-bond donors (Lipinski definition) is 0. The van der Waals surface area contributed by atoms with Crippen molar-refractivity contribution in [2.24, 2.45) is 0 Å². The molecule has 1 atom stereocenters. The van der Waals surface area contributed by atoms with Gasteiger partial charge in [0.15, 0.2) is 6.10 Å². The molecule has 0 saturated heterocycles. The van der Waals surface area contributed by atoms with E-state index in [1.807, 2.05) is 0 Å². The highest BCUT2D eigenvalue weighted by atomic mass is 16.6. The van der Waals surface area contributed by atoms with Crippen LogP contribution in [0.2, 0.25) is 0 Å². The lowest BCUT2D eigenvalue weighted by molar-refractivity contribution is -0.167. The van der Waals surface area contributed by atoms with Crippen molar-refractivity contribution in [3.8, 4) is 0 Å². The Morgan fingerprint density at radius 1 is 0.328 bits per heavy atom. The van der Waals surface area contributed by atoms with Gasteiger partial charge >= 0.3 is 17.9 Å². The van der Waals surface area contributed by atoms with Crippen LogP contribution in [0.1, 0.15) is 297 Å². The van der Waals surface area contributed by atoms with Gasteiger partial charge in [-0.25, -0.2) is 0 Å². The van der Waals surface area contributed by atoms with E-state index in [2.05, 4.69) is 57.2 Å². The summed E-state index contributed by atoms with van der Waals surface area (Å²) in [4.78, 5) is 38.1. The van der Waals surface area contributed by atoms with E-state index < -0.39 is 6.10 Å². The fourth-order valence-corrected chi connectivity index (χ4v) is 8.18. The van der Waals surface area contributed by atoms with Gasteiger partial charge in [0, 0.05) is 19.3 Å². The second-order valence-electron chi connectivity index (χ2n) is 18.8. The van der Waals surface area contributed by atoms with Gasteiger partial charge in [-0.3, -0.25) is 14.4 Å². The first-order chi connectivity index (χ1) is 31.5. The minimum absolute atomic E-state index is 0.0734. The lowest BCUT2D eigenvalue weighted by Crippen LogP contribution is -2.30. The maximum absolute atomic E-state index is 12.8. The van der Waals surface area contributed by atoms with Crippen LogP contribution in [0.4, 0.5) is 0 Å². The Morgan fingerprint density at radius 3 is 0.953 bits per heavy atom. The molecule has 64 heavy (non-hydrogen) atoms. The van der Waals surface area contributed by atoms with Crippen LogP contribution in [0, 0.1) is 0 Å². The zero-order valence-corrected chi connectivity index (χ0v) is 42.8. The van der Waals surface area contributed by atoms with Crippen molar-refractivity contribution >= 4 is 17.9 Å². The van der Waals surface area contributed by atoms with Crippen molar-refractivity contribution in [2.45, 2.75) is 303 Å². The molecule has 0 aliphatic carbocycles. The highest BCUT2D eigenvalue weighted by Crippen LogP contribution is 2.16.